The fraction of sp³-hybridized carbons (Fsp3) is 0.0556. The number of nitrogens with one attached hydrogen (secondary N) is 1. The zero-order valence-electron chi connectivity index (χ0n) is 14.2. The van der Waals surface area contributed by atoms with Gasteiger partial charge in [0.05, 0.1) is 23.9 Å². The number of nitrogens with zero attached hydrogens (tertiary/aromatic N) is 3. The molecule has 0 saturated heterocycles. The second-order valence-corrected chi connectivity index (χ2v) is 5.46. The van der Waals surface area contributed by atoms with Crippen LogP contribution in [-0.2, 0) is 4.74 Å². The summed E-state index contributed by atoms with van der Waals surface area (Å²) >= 11 is 0. The number of anilines is 1. The summed E-state index contributed by atoms with van der Waals surface area (Å²) < 4.78 is 6.12. The summed E-state index contributed by atoms with van der Waals surface area (Å²) in [6, 6.07) is 10.3. The number of ether oxygens (including phenoxy) is 1. The fourth-order valence-electron chi connectivity index (χ4n) is 2.48. The standard InChI is InChI=1S/C18H14N4O5/c1-27-18(24)13-3-2-4-14(9-13)20-17(23)12-5-6-15(16(10-12)22(25)26)21-8-7-19-11-21/h2-11H,1H3,(H,20,23). The van der Waals surface area contributed by atoms with Gasteiger partial charge in [-0.25, -0.2) is 9.78 Å². The molecule has 0 radical (unpaired) electrons. The van der Waals surface area contributed by atoms with Crippen molar-refractivity contribution in [3.8, 4) is 5.69 Å². The number of rotatable bonds is 5. The Kier molecular flexibility index (Phi) is 4.93. The summed E-state index contributed by atoms with van der Waals surface area (Å²) in [6.07, 6.45) is 4.50. The first-order valence-electron chi connectivity index (χ1n) is 7.76. The van der Waals surface area contributed by atoms with Gasteiger partial charge in [0.15, 0.2) is 0 Å². The molecule has 0 saturated carbocycles. The molecule has 136 valence electrons. The number of nitro benzene ring substituents is 1. The van der Waals surface area contributed by atoms with Crippen molar-refractivity contribution in [1.29, 1.82) is 0 Å². The number of hydrogen-bond acceptors (Lipinski definition) is 6. The second-order valence-electron chi connectivity index (χ2n) is 5.46. The molecule has 0 bridgehead atoms. The summed E-state index contributed by atoms with van der Waals surface area (Å²) in [5.41, 5.74) is 0.806. The molecule has 1 N–H and O–H groups in total. The van der Waals surface area contributed by atoms with Crippen LogP contribution in [0.25, 0.3) is 5.69 Å². The number of carbonyl (C=O) groups excluding carboxylic acids is 2. The van der Waals surface area contributed by atoms with Crippen LogP contribution >= 0.6 is 0 Å². The predicted octanol–water partition coefficient (Wildman–Crippen LogP) is 2.82. The number of carbonyl (C=O) groups is 2. The Bertz CT molecular complexity index is 1010. The SMILES string of the molecule is COC(=O)c1cccc(NC(=O)c2ccc(-n3ccnc3)c([N+](=O)[O-])c2)c1. The van der Waals surface area contributed by atoms with E-state index in [9.17, 15) is 19.7 Å². The number of esters is 1. The number of hydrogen-bond donors (Lipinski definition) is 1. The number of benzene rings is 2. The molecule has 1 heterocycles. The number of amides is 1. The summed E-state index contributed by atoms with van der Waals surface area (Å²) in [5, 5.41) is 14.0. The van der Waals surface area contributed by atoms with E-state index in [2.05, 4.69) is 15.0 Å². The molecule has 9 heteroatoms. The highest BCUT2D eigenvalue weighted by atomic mass is 16.6. The van der Waals surface area contributed by atoms with Crippen molar-refractivity contribution < 1.29 is 19.2 Å². The van der Waals surface area contributed by atoms with Crippen LogP contribution in [0.15, 0.2) is 61.2 Å². The highest BCUT2D eigenvalue weighted by molar-refractivity contribution is 6.05. The molecule has 1 aromatic heterocycles. The van der Waals surface area contributed by atoms with E-state index in [1.807, 2.05) is 0 Å². The second kappa shape index (κ2) is 7.48. The number of methoxy groups -OCH3 is 1. The van der Waals surface area contributed by atoms with E-state index in [1.165, 1.54) is 48.5 Å². The molecule has 0 aliphatic heterocycles. The fourth-order valence-corrected chi connectivity index (χ4v) is 2.48. The van der Waals surface area contributed by atoms with Crippen LogP contribution in [0.1, 0.15) is 20.7 Å². The molecule has 0 fully saturated rings. The maximum Gasteiger partial charge on any atom is 0.337 e. The topological polar surface area (TPSA) is 116 Å². The molecule has 2 aromatic carbocycles. The molecule has 1 amide bonds. The van der Waals surface area contributed by atoms with Crippen LogP contribution in [0.5, 0.6) is 0 Å². The first-order valence-corrected chi connectivity index (χ1v) is 7.76. The van der Waals surface area contributed by atoms with Crippen molar-refractivity contribution >= 4 is 23.3 Å². The van der Waals surface area contributed by atoms with Gasteiger partial charge in [-0.15, -0.1) is 0 Å². The lowest BCUT2D eigenvalue weighted by molar-refractivity contribution is -0.384. The lowest BCUT2D eigenvalue weighted by Gasteiger charge is -2.09. The number of aromatic nitrogens is 2. The Morgan fingerprint density at radius 1 is 1.19 bits per heavy atom. The van der Waals surface area contributed by atoms with E-state index in [0.29, 0.717) is 11.4 Å². The predicted molar refractivity (Wildman–Crippen MR) is 96.0 cm³/mol. The minimum Gasteiger partial charge on any atom is -0.465 e. The Balaban J connectivity index is 1.88. The summed E-state index contributed by atoms with van der Waals surface area (Å²) in [6.45, 7) is 0. The molecule has 0 spiro atoms. The van der Waals surface area contributed by atoms with Crippen molar-refractivity contribution in [2.75, 3.05) is 12.4 Å². The zero-order valence-corrected chi connectivity index (χ0v) is 14.2. The third-order valence-electron chi connectivity index (χ3n) is 3.76. The van der Waals surface area contributed by atoms with Gasteiger partial charge in [0.1, 0.15) is 5.69 Å². The van der Waals surface area contributed by atoms with Gasteiger partial charge in [-0.05, 0) is 30.3 Å². The Labute approximate surface area is 153 Å². The molecule has 0 atom stereocenters. The molecule has 0 aliphatic rings. The molecule has 3 aromatic rings. The first kappa shape index (κ1) is 17.8. The van der Waals surface area contributed by atoms with Crippen molar-refractivity contribution in [1.82, 2.24) is 9.55 Å². The van der Waals surface area contributed by atoms with Crippen LogP contribution in [0.4, 0.5) is 11.4 Å². The van der Waals surface area contributed by atoms with Gasteiger partial charge in [-0.1, -0.05) is 6.07 Å². The molecular weight excluding hydrogens is 352 g/mol. The van der Waals surface area contributed by atoms with Gasteiger partial charge >= 0.3 is 5.97 Å². The maximum atomic E-state index is 12.5. The lowest BCUT2D eigenvalue weighted by Crippen LogP contribution is -2.13. The normalized spacial score (nSPS) is 10.3. The van der Waals surface area contributed by atoms with Crippen LogP contribution in [-0.4, -0.2) is 33.5 Å². The van der Waals surface area contributed by atoms with Crippen molar-refractivity contribution in [2.45, 2.75) is 0 Å². The molecule has 3 rings (SSSR count). The summed E-state index contributed by atoms with van der Waals surface area (Å²) in [5.74, 6) is -1.08. The van der Waals surface area contributed by atoms with Gasteiger partial charge in [-0.3, -0.25) is 14.9 Å². The van der Waals surface area contributed by atoms with Crippen LogP contribution in [0.3, 0.4) is 0 Å². The summed E-state index contributed by atoms with van der Waals surface area (Å²) in [7, 11) is 1.26. The average molecular weight is 366 g/mol. The lowest BCUT2D eigenvalue weighted by atomic mass is 10.1. The Morgan fingerprint density at radius 3 is 2.67 bits per heavy atom. The van der Waals surface area contributed by atoms with E-state index >= 15 is 0 Å². The van der Waals surface area contributed by atoms with Gasteiger partial charge in [0, 0.05) is 29.7 Å². The quantitative estimate of drug-likeness (QED) is 0.422. The molecule has 0 unspecified atom stereocenters. The Hall–Kier alpha value is -4.01. The average Bonchev–Trinajstić information content (AvgIpc) is 3.21. The van der Waals surface area contributed by atoms with Gasteiger partial charge in [-0.2, -0.15) is 0 Å². The first-order chi connectivity index (χ1) is 13.0. The van der Waals surface area contributed by atoms with Crippen molar-refractivity contribution in [3.63, 3.8) is 0 Å². The third kappa shape index (κ3) is 3.82. The zero-order chi connectivity index (χ0) is 19.4. The van der Waals surface area contributed by atoms with Crippen LogP contribution in [0, 0.1) is 10.1 Å². The van der Waals surface area contributed by atoms with E-state index in [4.69, 9.17) is 0 Å². The smallest absolute Gasteiger partial charge is 0.337 e. The molecule has 0 aliphatic carbocycles. The minimum atomic E-state index is -0.565. The minimum absolute atomic E-state index is 0.106. The van der Waals surface area contributed by atoms with E-state index in [1.54, 1.807) is 24.4 Å². The molecule has 9 nitrogen and oxygen atoms in total. The van der Waals surface area contributed by atoms with Gasteiger partial charge in [0.2, 0.25) is 0 Å². The van der Waals surface area contributed by atoms with Crippen molar-refractivity contribution in [3.05, 3.63) is 82.4 Å². The molecule has 27 heavy (non-hydrogen) atoms. The third-order valence-corrected chi connectivity index (χ3v) is 3.76. The van der Waals surface area contributed by atoms with E-state index in [0.717, 1.165) is 0 Å². The number of imidazole rings is 1. The number of nitro groups is 1. The Morgan fingerprint density at radius 2 is 2.00 bits per heavy atom. The summed E-state index contributed by atoms with van der Waals surface area (Å²) in [4.78, 5) is 38.7. The van der Waals surface area contributed by atoms with E-state index in [-0.39, 0.29) is 16.8 Å². The van der Waals surface area contributed by atoms with Crippen LogP contribution < -0.4 is 5.32 Å². The maximum absolute atomic E-state index is 12.5. The highest BCUT2D eigenvalue weighted by Crippen LogP contribution is 2.25. The molecular formula is C18H14N4O5. The monoisotopic (exact) mass is 366 g/mol. The highest BCUT2D eigenvalue weighted by Gasteiger charge is 2.19. The van der Waals surface area contributed by atoms with Gasteiger partial charge < -0.3 is 14.6 Å². The largest absolute Gasteiger partial charge is 0.465 e. The van der Waals surface area contributed by atoms with Crippen molar-refractivity contribution in [2.24, 2.45) is 0 Å². The van der Waals surface area contributed by atoms with E-state index < -0.39 is 16.8 Å². The van der Waals surface area contributed by atoms with Crippen LogP contribution in [0.2, 0.25) is 0 Å². The van der Waals surface area contributed by atoms with Gasteiger partial charge in [0.25, 0.3) is 11.6 Å².